The molecule has 64 valence electrons. The number of isothiocyanates is 1. The van der Waals surface area contributed by atoms with Gasteiger partial charge in [0, 0.05) is 13.0 Å². The number of thiocarbonyl (C=S) groups is 1. The molecular formula is C8H10N2OS. The highest BCUT2D eigenvalue weighted by atomic mass is 32.1. The summed E-state index contributed by atoms with van der Waals surface area (Å²) in [6.07, 6.45) is 4.36. The molecule has 0 bridgehead atoms. The molecule has 3 nitrogen and oxygen atoms in total. The van der Waals surface area contributed by atoms with Gasteiger partial charge in [-0.15, -0.1) is 0 Å². The predicted molar refractivity (Wildman–Crippen MR) is 50.2 cm³/mol. The average Bonchev–Trinajstić information content (AvgIpc) is 2.05. The third kappa shape index (κ3) is 2.95. The van der Waals surface area contributed by atoms with Crippen LogP contribution in [0.5, 0.6) is 0 Å². The third-order valence-corrected chi connectivity index (χ3v) is 1.73. The molecule has 4 heteroatoms. The van der Waals surface area contributed by atoms with E-state index in [2.05, 4.69) is 22.4 Å². The van der Waals surface area contributed by atoms with Crippen molar-refractivity contribution in [3.63, 3.8) is 0 Å². The minimum absolute atomic E-state index is 0.254. The summed E-state index contributed by atoms with van der Waals surface area (Å²) in [5, 5.41) is 2.29. The zero-order chi connectivity index (χ0) is 8.81. The fourth-order valence-electron chi connectivity index (χ4n) is 1.05. The Bertz CT molecular complexity index is 243. The molecule has 1 aliphatic heterocycles. The maximum absolute atomic E-state index is 10.9. The number of rotatable bonds is 3. The first-order valence-corrected chi connectivity index (χ1v) is 4.20. The van der Waals surface area contributed by atoms with Crippen LogP contribution in [0.1, 0.15) is 6.42 Å². The van der Waals surface area contributed by atoms with E-state index >= 15 is 0 Å². The van der Waals surface area contributed by atoms with Crippen LogP contribution in [0.2, 0.25) is 0 Å². The first kappa shape index (κ1) is 9.10. The third-order valence-electron chi connectivity index (χ3n) is 1.60. The maximum atomic E-state index is 10.9. The van der Waals surface area contributed by atoms with E-state index in [0.717, 1.165) is 6.54 Å². The highest BCUT2D eigenvalue weighted by molar-refractivity contribution is 7.78. The molecule has 0 aromatic rings. The number of ketones is 1. The Morgan fingerprint density at radius 3 is 3.25 bits per heavy atom. The number of aliphatic imine (C=N–C) groups is 1. The van der Waals surface area contributed by atoms with E-state index in [1.54, 1.807) is 0 Å². The molecule has 12 heavy (non-hydrogen) atoms. The van der Waals surface area contributed by atoms with E-state index in [1.807, 2.05) is 17.2 Å². The Morgan fingerprint density at radius 2 is 2.58 bits per heavy atom. The van der Waals surface area contributed by atoms with Gasteiger partial charge in [-0.05, 0) is 18.4 Å². The number of carbonyl (C=O) groups is 1. The van der Waals surface area contributed by atoms with Crippen LogP contribution >= 0.6 is 12.2 Å². The molecule has 0 fully saturated rings. The highest BCUT2D eigenvalue weighted by Gasteiger charge is 2.09. The first-order chi connectivity index (χ1) is 5.83. The van der Waals surface area contributed by atoms with E-state index in [9.17, 15) is 4.79 Å². The molecule has 0 spiro atoms. The largest absolute Gasteiger partial charge is 0.369 e. The van der Waals surface area contributed by atoms with Gasteiger partial charge in [0.1, 0.15) is 0 Å². The predicted octanol–water partition coefficient (Wildman–Crippen LogP) is 0.878. The molecule has 0 amide bonds. The number of allylic oxidation sites excluding steroid dienone is 1. The Kier molecular flexibility index (Phi) is 3.64. The number of hydrogen-bond acceptors (Lipinski definition) is 4. The Labute approximate surface area is 76.8 Å². The number of Topliss-reactive ketones (excluding diaryl/α,β-unsaturated/α-hetero) is 1. The summed E-state index contributed by atoms with van der Waals surface area (Å²) in [5.41, 5.74) is 0. The number of carbonyl (C=O) groups excluding carboxylic acids is 1. The molecule has 0 N–H and O–H groups in total. The Hall–Kier alpha value is -0.990. The van der Waals surface area contributed by atoms with Gasteiger partial charge in [-0.3, -0.25) is 4.79 Å². The molecular weight excluding hydrogens is 172 g/mol. The highest BCUT2D eigenvalue weighted by Crippen LogP contribution is 2.01. The lowest BCUT2D eigenvalue weighted by molar-refractivity contribution is -0.119. The second-order valence-corrected chi connectivity index (χ2v) is 2.75. The van der Waals surface area contributed by atoms with E-state index in [4.69, 9.17) is 0 Å². The molecule has 1 heterocycles. The van der Waals surface area contributed by atoms with Gasteiger partial charge >= 0.3 is 0 Å². The summed E-state index contributed by atoms with van der Waals surface area (Å²) in [6, 6.07) is 0. The van der Waals surface area contributed by atoms with Crippen molar-refractivity contribution in [1.29, 1.82) is 0 Å². The fraction of sp³-hybridized carbons (Fsp3) is 0.500. The number of hydrogen-bond donors (Lipinski definition) is 0. The van der Waals surface area contributed by atoms with E-state index in [1.165, 1.54) is 0 Å². The van der Waals surface area contributed by atoms with Crippen LogP contribution in [0.4, 0.5) is 0 Å². The van der Waals surface area contributed by atoms with E-state index in [-0.39, 0.29) is 5.78 Å². The number of nitrogens with zero attached hydrogens (tertiary/aromatic N) is 2. The summed E-state index contributed by atoms with van der Waals surface area (Å²) < 4.78 is 0. The SMILES string of the molecule is O=C1CC=CN(CCN=C=S)C1. The Balaban J connectivity index is 2.32. The van der Waals surface area contributed by atoms with Crippen LogP contribution in [-0.2, 0) is 4.79 Å². The second kappa shape index (κ2) is 4.80. The summed E-state index contributed by atoms with van der Waals surface area (Å²) in [4.78, 5) is 16.6. The van der Waals surface area contributed by atoms with Crippen molar-refractivity contribution in [1.82, 2.24) is 4.90 Å². The van der Waals surface area contributed by atoms with Crippen LogP contribution in [0.15, 0.2) is 17.3 Å². The van der Waals surface area contributed by atoms with Crippen molar-refractivity contribution in [3.8, 4) is 0 Å². The zero-order valence-corrected chi connectivity index (χ0v) is 7.51. The molecule has 0 aromatic carbocycles. The van der Waals surface area contributed by atoms with Crippen LogP contribution in [-0.4, -0.2) is 35.5 Å². The standard InChI is InChI=1S/C8H10N2OS/c11-8-2-1-4-10(6-8)5-3-9-7-12/h1,4H,2-3,5-6H2. The van der Waals surface area contributed by atoms with Gasteiger partial charge < -0.3 is 4.90 Å². The smallest absolute Gasteiger partial charge is 0.155 e. The van der Waals surface area contributed by atoms with Crippen molar-refractivity contribution in [2.75, 3.05) is 19.6 Å². The summed E-state index contributed by atoms with van der Waals surface area (Å²) in [7, 11) is 0. The van der Waals surface area contributed by atoms with Crippen LogP contribution in [0, 0.1) is 0 Å². The molecule has 0 unspecified atom stereocenters. The average molecular weight is 182 g/mol. The lowest BCUT2D eigenvalue weighted by Gasteiger charge is -2.20. The molecule has 1 aliphatic rings. The van der Waals surface area contributed by atoms with Gasteiger partial charge in [0.25, 0.3) is 0 Å². The van der Waals surface area contributed by atoms with Gasteiger partial charge in [0.15, 0.2) is 5.78 Å². The molecule has 0 aromatic heterocycles. The van der Waals surface area contributed by atoms with Gasteiger partial charge in [-0.1, -0.05) is 6.08 Å². The van der Waals surface area contributed by atoms with Gasteiger partial charge in [0.2, 0.25) is 0 Å². The van der Waals surface area contributed by atoms with Crippen LogP contribution in [0.3, 0.4) is 0 Å². The van der Waals surface area contributed by atoms with Crippen molar-refractivity contribution < 1.29 is 4.79 Å². The molecule has 0 saturated carbocycles. The lowest BCUT2D eigenvalue weighted by atomic mass is 10.2. The molecule has 1 rings (SSSR count). The van der Waals surface area contributed by atoms with Gasteiger partial charge in [-0.25, -0.2) is 4.99 Å². The van der Waals surface area contributed by atoms with Crippen molar-refractivity contribution in [3.05, 3.63) is 12.3 Å². The van der Waals surface area contributed by atoms with Gasteiger partial charge in [0.05, 0.1) is 18.3 Å². The van der Waals surface area contributed by atoms with Crippen molar-refractivity contribution >= 4 is 23.2 Å². The minimum atomic E-state index is 0.254. The topological polar surface area (TPSA) is 32.7 Å². The quantitative estimate of drug-likeness (QED) is 0.480. The van der Waals surface area contributed by atoms with E-state index < -0.39 is 0 Å². The summed E-state index contributed by atoms with van der Waals surface area (Å²) >= 11 is 4.42. The molecule has 0 radical (unpaired) electrons. The van der Waals surface area contributed by atoms with Crippen molar-refractivity contribution in [2.45, 2.75) is 6.42 Å². The monoisotopic (exact) mass is 182 g/mol. The molecule has 0 atom stereocenters. The molecule has 0 aliphatic carbocycles. The minimum Gasteiger partial charge on any atom is -0.369 e. The maximum Gasteiger partial charge on any atom is 0.155 e. The normalized spacial score (nSPS) is 16.0. The van der Waals surface area contributed by atoms with Crippen LogP contribution < -0.4 is 0 Å². The lowest BCUT2D eigenvalue weighted by Crippen LogP contribution is -2.29. The summed E-state index contributed by atoms with van der Waals surface area (Å²) in [6.45, 7) is 1.86. The Morgan fingerprint density at radius 1 is 1.75 bits per heavy atom. The van der Waals surface area contributed by atoms with Gasteiger partial charge in [-0.2, -0.15) is 0 Å². The van der Waals surface area contributed by atoms with E-state index in [0.29, 0.717) is 19.5 Å². The van der Waals surface area contributed by atoms with Crippen LogP contribution in [0.25, 0.3) is 0 Å². The molecule has 0 saturated heterocycles. The zero-order valence-electron chi connectivity index (χ0n) is 6.69. The summed E-state index contributed by atoms with van der Waals surface area (Å²) in [5.74, 6) is 0.254. The van der Waals surface area contributed by atoms with Crippen molar-refractivity contribution in [2.24, 2.45) is 4.99 Å². The second-order valence-electron chi connectivity index (χ2n) is 2.57. The first-order valence-electron chi connectivity index (χ1n) is 3.79. The fourth-order valence-corrected chi connectivity index (χ4v) is 1.15.